The molecule has 84 valence electrons. The van der Waals surface area contributed by atoms with Crippen molar-refractivity contribution in [2.75, 3.05) is 0 Å². The third-order valence-electron chi connectivity index (χ3n) is 3.51. The largest absolute Gasteiger partial charge is 0.311 e. The minimum atomic E-state index is 0.700. The fraction of sp³-hybridized carbons (Fsp3) is 0.923. The summed E-state index contributed by atoms with van der Waals surface area (Å²) in [5.41, 5.74) is 0. The molecule has 0 aromatic heterocycles. The molecular weight excluding hydrogens is 184 g/mol. The van der Waals surface area contributed by atoms with Crippen molar-refractivity contribution in [3.63, 3.8) is 0 Å². The molecule has 0 spiro atoms. The third-order valence-corrected chi connectivity index (χ3v) is 3.51. The molecule has 2 aliphatic rings. The molecule has 2 saturated carbocycles. The van der Waals surface area contributed by atoms with E-state index in [9.17, 15) is 0 Å². The highest BCUT2D eigenvalue weighted by atomic mass is 15.0. The van der Waals surface area contributed by atoms with Crippen molar-refractivity contribution in [3.05, 3.63) is 0 Å². The first-order chi connectivity index (χ1) is 7.38. The zero-order valence-electron chi connectivity index (χ0n) is 9.54. The molecule has 2 nitrogen and oxygen atoms in total. The summed E-state index contributed by atoms with van der Waals surface area (Å²) in [4.78, 5) is 0. The van der Waals surface area contributed by atoms with Gasteiger partial charge in [0.25, 0.3) is 0 Å². The molecular formula is C13H22N2. The van der Waals surface area contributed by atoms with Gasteiger partial charge >= 0.3 is 0 Å². The molecule has 0 bridgehead atoms. The summed E-state index contributed by atoms with van der Waals surface area (Å²) in [6, 6.07) is 3.76. The Hall–Kier alpha value is -0.550. The number of unbranched alkanes of at least 4 members (excludes halogenated alkanes) is 1. The predicted octanol–water partition coefficient (Wildman–Crippen LogP) is 2.99. The molecule has 2 aliphatic carbocycles. The van der Waals surface area contributed by atoms with Crippen molar-refractivity contribution in [1.29, 1.82) is 5.26 Å². The summed E-state index contributed by atoms with van der Waals surface area (Å²) in [6.45, 7) is 0. The van der Waals surface area contributed by atoms with E-state index >= 15 is 0 Å². The Balaban J connectivity index is 1.60. The summed E-state index contributed by atoms with van der Waals surface area (Å²) in [5.74, 6) is 1.05. The Bertz CT molecular complexity index is 223. The van der Waals surface area contributed by atoms with Gasteiger partial charge in [0.15, 0.2) is 0 Å². The van der Waals surface area contributed by atoms with E-state index in [1.165, 1.54) is 44.9 Å². The van der Waals surface area contributed by atoms with E-state index in [1.807, 2.05) is 0 Å². The van der Waals surface area contributed by atoms with Gasteiger partial charge in [0.1, 0.15) is 0 Å². The van der Waals surface area contributed by atoms with Crippen LogP contribution in [0.15, 0.2) is 0 Å². The standard InChI is InChI=1S/C13H22N2/c14-10-2-1-3-12(15-13-8-9-13)7-6-11-4-5-11/h11-13,15H,1-9H2/t12-/m1/s1. The summed E-state index contributed by atoms with van der Waals surface area (Å²) in [5, 5.41) is 12.3. The Kier molecular flexibility index (Phi) is 4.02. The number of nitrogens with one attached hydrogen (secondary N) is 1. The van der Waals surface area contributed by atoms with E-state index in [2.05, 4.69) is 11.4 Å². The molecule has 0 aromatic rings. The monoisotopic (exact) mass is 206 g/mol. The van der Waals surface area contributed by atoms with Crippen LogP contribution in [0.3, 0.4) is 0 Å². The number of nitriles is 1. The van der Waals surface area contributed by atoms with E-state index in [0.29, 0.717) is 6.04 Å². The molecule has 1 atom stereocenters. The second kappa shape index (κ2) is 5.51. The van der Waals surface area contributed by atoms with Crippen LogP contribution in [0.25, 0.3) is 0 Å². The first-order valence-electron chi connectivity index (χ1n) is 6.51. The van der Waals surface area contributed by atoms with E-state index in [1.54, 1.807) is 0 Å². The normalized spacial score (nSPS) is 22.3. The minimum Gasteiger partial charge on any atom is -0.311 e. The lowest BCUT2D eigenvalue weighted by atomic mass is 10.0. The molecule has 0 saturated heterocycles. The lowest BCUT2D eigenvalue weighted by Gasteiger charge is -2.17. The number of hydrogen-bond acceptors (Lipinski definition) is 2. The second-order valence-electron chi connectivity index (χ2n) is 5.21. The summed E-state index contributed by atoms with van der Waals surface area (Å²) >= 11 is 0. The van der Waals surface area contributed by atoms with Crippen molar-refractivity contribution in [2.45, 2.75) is 69.9 Å². The van der Waals surface area contributed by atoms with Crippen molar-refractivity contribution in [1.82, 2.24) is 5.32 Å². The van der Waals surface area contributed by atoms with Gasteiger partial charge in [0.2, 0.25) is 0 Å². The van der Waals surface area contributed by atoms with Crippen LogP contribution < -0.4 is 5.32 Å². The maximum Gasteiger partial charge on any atom is 0.0621 e. The molecule has 0 amide bonds. The maximum absolute atomic E-state index is 8.53. The lowest BCUT2D eigenvalue weighted by molar-refractivity contribution is 0.420. The minimum absolute atomic E-state index is 0.700. The zero-order valence-corrected chi connectivity index (χ0v) is 9.54. The van der Waals surface area contributed by atoms with Crippen molar-refractivity contribution in [2.24, 2.45) is 5.92 Å². The highest BCUT2D eigenvalue weighted by Crippen LogP contribution is 2.34. The molecule has 2 rings (SSSR count). The Morgan fingerprint density at radius 1 is 1.20 bits per heavy atom. The summed E-state index contributed by atoms with van der Waals surface area (Å²) in [7, 11) is 0. The van der Waals surface area contributed by atoms with Gasteiger partial charge in [0.05, 0.1) is 6.07 Å². The van der Waals surface area contributed by atoms with Gasteiger partial charge in [-0.1, -0.05) is 12.8 Å². The average Bonchev–Trinajstić information content (AvgIpc) is 3.09. The van der Waals surface area contributed by atoms with Gasteiger partial charge in [-0.15, -0.1) is 0 Å². The van der Waals surface area contributed by atoms with Crippen LogP contribution in [0.4, 0.5) is 0 Å². The average molecular weight is 206 g/mol. The van der Waals surface area contributed by atoms with Crippen molar-refractivity contribution >= 4 is 0 Å². The Labute approximate surface area is 93.0 Å². The Morgan fingerprint density at radius 3 is 2.60 bits per heavy atom. The van der Waals surface area contributed by atoms with Crippen LogP contribution in [0.5, 0.6) is 0 Å². The quantitative estimate of drug-likeness (QED) is 0.620. The first kappa shape index (κ1) is 11.0. The fourth-order valence-corrected chi connectivity index (χ4v) is 2.17. The molecule has 1 N–H and O–H groups in total. The highest BCUT2D eigenvalue weighted by molar-refractivity contribution is 4.86. The summed E-state index contributed by atoms with van der Waals surface area (Å²) in [6.07, 6.45) is 11.4. The predicted molar refractivity (Wildman–Crippen MR) is 61.4 cm³/mol. The van der Waals surface area contributed by atoms with Gasteiger partial charge in [-0.25, -0.2) is 0 Å². The van der Waals surface area contributed by atoms with Crippen LogP contribution in [0.2, 0.25) is 0 Å². The summed E-state index contributed by atoms with van der Waals surface area (Å²) < 4.78 is 0. The van der Waals surface area contributed by atoms with Gasteiger partial charge in [-0.05, 0) is 44.4 Å². The molecule has 0 aliphatic heterocycles. The maximum atomic E-state index is 8.53. The van der Waals surface area contributed by atoms with Gasteiger partial charge in [-0.2, -0.15) is 5.26 Å². The van der Waals surface area contributed by atoms with Crippen LogP contribution in [0, 0.1) is 17.2 Å². The van der Waals surface area contributed by atoms with Crippen molar-refractivity contribution in [3.8, 4) is 6.07 Å². The van der Waals surface area contributed by atoms with E-state index in [0.717, 1.165) is 24.8 Å². The van der Waals surface area contributed by atoms with E-state index in [4.69, 9.17) is 5.26 Å². The molecule has 0 heterocycles. The number of nitrogens with zero attached hydrogens (tertiary/aromatic N) is 1. The SMILES string of the molecule is N#CCCC[C@H](CCC1CC1)NC1CC1. The van der Waals surface area contributed by atoms with Crippen LogP contribution >= 0.6 is 0 Å². The van der Waals surface area contributed by atoms with Crippen LogP contribution in [-0.4, -0.2) is 12.1 Å². The van der Waals surface area contributed by atoms with E-state index < -0.39 is 0 Å². The fourth-order valence-electron chi connectivity index (χ4n) is 2.17. The van der Waals surface area contributed by atoms with Gasteiger partial charge < -0.3 is 5.32 Å². The lowest BCUT2D eigenvalue weighted by Crippen LogP contribution is -2.31. The first-order valence-corrected chi connectivity index (χ1v) is 6.51. The second-order valence-corrected chi connectivity index (χ2v) is 5.21. The van der Waals surface area contributed by atoms with Crippen LogP contribution in [0.1, 0.15) is 57.8 Å². The number of rotatable bonds is 8. The zero-order chi connectivity index (χ0) is 10.5. The highest BCUT2D eigenvalue weighted by Gasteiger charge is 2.26. The molecule has 0 radical (unpaired) electrons. The smallest absolute Gasteiger partial charge is 0.0621 e. The topological polar surface area (TPSA) is 35.8 Å². The number of hydrogen-bond donors (Lipinski definition) is 1. The van der Waals surface area contributed by atoms with Gasteiger partial charge in [-0.3, -0.25) is 0 Å². The third kappa shape index (κ3) is 4.66. The van der Waals surface area contributed by atoms with E-state index in [-0.39, 0.29) is 0 Å². The van der Waals surface area contributed by atoms with Gasteiger partial charge in [0, 0.05) is 18.5 Å². The molecule has 2 fully saturated rings. The molecule has 0 aromatic carbocycles. The molecule has 2 heteroatoms. The van der Waals surface area contributed by atoms with Crippen molar-refractivity contribution < 1.29 is 0 Å². The molecule has 0 unspecified atom stereocenters. The Morgan fingerprint density at radius 2 is 2.00 bits per heavy atom. The van der Waals surface area contributed by atoms with Crippen LogP contribution in [-0.2, 0) is 0 Å². The molecule has 15 heavy (non-hydrogen) atoms.